The summed E-state index contributed by atoms with van der Waals surface area (Å²) in [5.74, 6) is 0.0766. The number of methoxy groups -OCH3 is 1. The molecule has 2 unspecified atom stereocenters. The van der Waals surface area contributed by atoms with Crippen molar-refractivity contribution in [1.82, 2.24) is 0 Å². The van der Waals surface area contributed by atoms with Crippen LogP contribution in [0.3, 0.4) is 0 Å². The zero-order valence-corrected chi connectivity index (χ0v) is 12.5. The Labute approximate surface area is 116 Å². The average Bonchev–Trinajstić information content (AvgIpc) is 2.31. The van der Waals surface area contributed by atoms with Crippen molar-refractivity contribution in [3.63, 3.8) is 0 Å². The summed E-state index contributed by atoms with van der Waals surface area (Å²) in [7, 11) is 0.446. The summed E-state index contributed by atoms with van der Waals surface area (Å²) in [5, 5.41) is 3.20. The highest BCUT2D eigenvalue weighted by Crippen LogP contribution is 2.24. The van der Waals surface area contributed by atoms with E-state index in [1.165, 1.54) is 7.11 Å². The first-order valence-electron chi connectivity index (χ1n) is 5.90. The summed E-state index contributed by atoms with van der Waals surface area (Å²) in [6, 6.07) is 3.56. The van der Waals surface area contributed by atoms with E-state index in [0.717, 1.165) is 11.3 Å². The van der Waals surface area contributed by atoms with Gasteiger partial charge in [-0.2, -0.15) is 0 Å². The second kappa shape index (κ2) is 6.56. The van der Waals surface area contributed by atoms with E-state index in [-0.39, 0.29) is 6.04 Å². The lowest BCUT2D eigenvalue weighted by atomic mass is 10.1. The van der Waals surface area contributed by atoms with Gasteiger partial charge in [0.25, 0.3) is 0 Å². The van der Waals surface area contributed by atoms with Crippen LogP contribution in [0.2, 0.25) is 0 Å². The number of nitrogens with one attached hydrogen (secondary N) is 1. The number of nitrogens with two attached hydrogens (primary N) is 1. The minimum atomic E-state index is -0.874. The first-order chi connectivity index (χ1) is 8.85. The Hall–Kier alpha value is -1.56. The molecule has 3 N–H and O–H groups in total. The van der Waals surface area contributed by atoms with Gasteiger partial charge in [-0.25, -0.2) is 4.79 Å². The Morgan fingerprint density at radius 2 is 2.16 bits per heavy atom. The van der Waals surface area contributed by atoms with Gasteiger partial charge in [-0.1, -0.05) is 0 Å². The molecule has 0 spiro atoms. The predicted octanol–water partition coefficient (Wildman–Crippen LogP) is 1.54. The van der Waals surface area contributed by atoms with Crippen LogP contribution < -0.4 is 11.1 Å². The minimum absolute atomic E-state index is 0.0411. The van der Waals surface area contributed by atoms with Crippen molar-refractivity contribution in [2.75, 3.05) is 30.2 Å². The van der Waals surface area contributed by atoms with E-state index in [2.05, 4.69) is 5.32 Å². The highest BCUT2D eigenvalue weighted by Gasteiger charge is 2.14. The quantitative estimate of drug-likeness (QED) is 0.633. The van der Waals surface area contributed by atoms with Gasteiger partial charge < -0.3 is 15.8 Å². The molecule has 0 aliphatic heterocycles. The van der Waals surface area contributed by atoms with Crippen LogP contribution in [0.25, 0.3) is 0 Å². The lowest BCUT2D eigenvalue weighted by Gasteiger charge is -2.16. The molecule has 1 aromatic rings. The van der Waals surface area contributed by atoms with E-state index in [9.17, 15) is 9.00 Å². The number of carbonyl (C=O) groups excluding carboxylic acids is 1. The van der Waals surface area contributed by atoms with Crippen molar-refractivity contribution < 1.29 is 13.7 Å². The van der Waals surface area contributed by atoms with Crippen LogP contribution in [0, 0.1) is 6.92 Å². The SMILES string of the molecule is COC(=O)c1cc(NC(C)CS(C)=O)cc(C)c1N. The molecule has 0 aliphatic rings. The van der Waals surface area contributed by atoms with Gasteiger partial charge in [-0.05, 0) is 31.5 Å². The maximum Gasteiger partial charge on any atom is 0.340 e. The number of aryl methyl sites for hydroxylation is 1. The molecule has 6 heteroatoms. The summed E-state index contributed by atoms with van der Waals surface area (Å²) >= 11 is 0. The Morgan fingerprint density at radius 1 is 1.53 bits per heavy atom. The summed E-state index contributed by atoms with van der Waals surface area (Å²) in [6.45, 7) is 3.76. The predicted molar refractivity (Wildman–Crippen MR) is 78.9 cm³/mol. The van der Waals surface area contributed by atoms with Gasteiger partial charge in [-0.3, -0.25) is 4.21 Å². The van der Waals surface area contributed by atoms with Crippen molar-refractivity contribution in [1.29, 1.82) is 0 Å². The molecule has 0 fully saturated rings. The number of hydrogen-bond acceptors (Lipinski definition) is 5. The van der Waals surface area contributed by atoms with Crippen molar-refractivity contribution in [3.05, 3.63) is 23.3 Å². The summed E-state index contributed by atoms with van der Waals surface area (Å²) in [4.78, 5) is 11.6. The largest absolute Gasteiger partial charge is 0.465 e. The highest BCUT2D eigenvalue weighted by atomic mass is 32.2. The third-order valence-corrected chi connectivity index (χ3v) is 3.66. The molecule has 0 bridgehead atoms. The molecule has 2 atom stereocenters. The molecule has 0 radical (unpaired) electrons. The topological polar surface area (TPSA) is 81.4 Å². The van der Waals surface area contributed by atoms with Crippen LogP contribution in [0.15, 0.2) is 12.1 Å². The van der Waals surface area contributed by atoms with Crippen LogP contribution in [0.1, 0.15) is 22.8 Å². The Morgan fingerprint density at radius 3 is 2.68 bits per heavy atom. The highest BCUT2D eigenvalue weighted by molar-refractivity contribution is 7.84. The van der Waals surface area contributed by atoms with E-state index in [0.29, 0.717) is 17.0 Å². The van der Waals surface area contributed by atoms with Gasteiger partial charge in [0, 0.05) is 40.2 Å². The monoisotopic (exact) mass is 284 g/mol. The zero-order chi connectivity index (χ0) is 14.6. The van der Waals surface area contributed by atoms with Gasteiger partial charge in [0.05, 0.1) is 12.7 Å². The number of anilines is 2. The van der Waals surface area contributed by atoms with E-state index in [1.807, 2.05) is 19.9 Å². The molecule has 19 heavy (non-hydrogen) atoms. The molecule has 5 nitrogen and oxygen atoms in total. The molecule has 1 aromatic carbocycles. The Balaban J connectivity index is 3.00. The lowest BCUT2D eigenvalue weighted by molar-refractivity contribution is 0.0602. The number of esters is 1. The van der Waals surface area contributed by atoms with Gasteiger partial charge in [-0.15, -0.1) is 0 Å². The minimum Gasteiger partial charge on any atom is -0.465 e. The molecule has 0 heterocycles. The average molecular weight is 284 g/mol. The first-order valence-corrected chi connectivity index (χ1v) is 7.62. The molecule has 0 amide bonds. The second-order valence-electron chi connectivity index (χ2n) is 4.53. The van der Waals surface area contributed by atoms with Crippen LogP contribution in [0.4, 0.5) is 11.4 Å². The molecular formula is C13H20N2O3S. The number of ether oxygens (including phenoxy) is 1. The molecule has 0 aliphatic carbocycles. The fourth-order valence-corrected chi connectivity index (χ4v) is 2.63. The number of hydrogen-bond donors (Lipinski definition) is 2. The number of benzene rings is 1. The molecule has 106 valence electrons. The fourth-order valence-electron chi connectivity index (χ4n) is 1.84. The Bertz CT molecular complexity index is 503. The standard InChI is InChI=1S/C13H20N2O3S/c1-8-5-10(15-9(2)7-19(4)17)6-11(12(8)14)13(16)18-3/h5-6,9,15H,7,14H2,1-4H3. The summed E-state index contributed by atoms with van der Waals surface area (Å²) in [5.41, 5.74) is 8.19. The van der Waals surface area contributed by atoms with Crippen LogP contribution in [0.5, 0.6) is 0 Å². The third-order valence-electron chi connectivity index (χ3n) is 2.69. The van der Waals surface area contributed by atoms with E-state index >= 15 is 0 Å². The fraction of sp³-hybridized carbons (Fsp3) is 0.462. The van der Waals surface area contributed by atoms with Crippen molar-refractivity contribution in [2.24, 2.45) is 0 Å². The van der Waals surface area contributed by atoms with Crippen LogP contribution in [-0.2, 0) is 15.5 Å². The van der Waals surface area contributed by atoms with Crippen LogP contribution in [-0.4, -0.2) is 35.3 Å². The van der Waals surface area contributed by atoms with Gasteiger partial charge in [0.15, 0.2) is 0 Å². The maximum absolute atomic E-state index is 11.6. The van der Waals surface area contributed by atoms with E-state index in [1.54, 1.807) is 12.3 Å². The van der Waals surface area contributed by atoms with Gasteiger partial charge >= 0.3 is 5.97 Å². The van der Waals surface area contributed by atoms with Crippen molar-refractivity contribution >= 4 is 28.1 Å². The molecule has 0 aromatic heterocycles. The normalized spacial score (nSPS) is 13.7. The maximum atomic E-state index is 11.6. The number of carbonyl (C=O) groups is 1. The molecule has 1 rings (SSSR count). The van der Waals surface area contributed by atoms with E-state index in [4.69, 9.17) is 10.5 Å². The lowest BCUT2D eigenvalue weighted by Crippen LogP contribution is -2.22. The summed E-state index contributed by atoms with van der Waals surface area (Å²) < 4.78 is 15.9. The number of nitrogen functional groups attached to an aromatic ring is 1. The second-order valence-corrected chi connectivity index (χ2v) is 6.01. The zero-order valence-electron chi connectivity index (χ0n) is 11.6. The molecular weight excluding hydrogens is 264 g/mol. The van der Waals surface area contributed by atoms with Crippen molar-refractivity contribution in [3.8, 4) is 0 Å². The van der Waals surface area contributed by atoms with Crippen LogP contribution >= 0.6 is 0 Å². The first kappa shape index (κ1) is 15.5. The van der Waals surface area contributed by atoms with E-state index < -0.39 is 16.8 Å². The van der Waals surface area contributed by atoms with Gasteiger partial charge in [0.1, 0.15) is 0 Å². The molecule has 0 saturated heterocycles. The third kappa shape index (κ3) is 4.24. The van der Waals surface area contributed by atoms with Crippen molar-refractivity contribution in [2.45, 2.75) is 19.9 Å². The number of rotatable bonds is 5. The summed E-state index contributed by atoms with van der Waals surface area (Å²) in [6.07, 6.45) is 1.66. The van der Waals surface area contributed by atoms with Gasteiger partial charge in [0.2, 0.25) is 0 Å². The Kier molecular flexibility index (Phi) is 5.35. The smallest absolute Gasteiger partial charge is 0.340 e. The molecule has 0 saturated carbocycles.